The summed E-state index contributed by atoms with van der Waals surface area (Å²) >= 11 is 0. The van der Waals surface area contributed by atoms with Crippen LogP contribution in [0.2, 0.25) is 0 Å². The number of carbonyl (C=O) groups is 1. The molecule has 0 aliphatic carbocycles. The van der Waals surface area contributed by atoms with Crippen molar-refractivity contribution < 1.29 is 4.79 Å². The van der Waals surface area contributed by atoms with E-state index in [1.165, 1.54) is 11.1 Å². The number of hydrogen-bond donors (Lipinski definition) is 1. The van der Waals surface area contributed by atoms with Crippen LogP contribution < -0.4 is 5.32 Å². The van der Waals surface area contributed by atoms with Gasteiger partial charge in [-0.15, -0.1) is 0 Å². The third-order valence-corrected chi connectivity index (χ3v) is 3.70. The van der Waals surface area contributed by atoms with E-state index in [1.54, 1.807) is 6.92 Å². The van der Waals surface area contributed by atoms with Gasteiger partial charge < -0.3 is 10.2 Å². The van der Waals surface area contributed by atoms with Crippen LogP contribution in [0.4, 0.5) is 0 Å². The second-order valence-corrected chi connectivity index (χ2v) is 5.88. The average molecular weight is 275 g/mol. The molecule has 1 N–H and O–H groups in total. The zero-order chi connectivity index (χ0) is 14.5. The maximum absolute atomic E-state index is 11.3. The summed E-state index contributed by atoms with van der Waals surface area (Å²) in [6.07, 6.45) is 0. The lowest BCUT2D eigenvalue weighted by molar-refractivity contribution is -0.119. The first kappa shape index (κ1) is 15.0. The molecule has 1 aliphatic rings. The third kappa shape index (κ3) is 4.62. The van der Waals surface area contributed by atoms with Crippen molar-refractivity contribution in [2.45, 2.75) is 26.4 Å². The SMILES string of the molecule is CC(=O)NC1CN(C)CCN(Cc2cccc(C)c2)C1. The molecule has 1 aliphatic heterocycles. The van der Waals surface area contributed by atoms with Crippen LogP contribution >= 0.6 is 0 Å². The highest BCUT2D eigenvalue weighted by Gasteiger charge is 2.21. The molecular formula is C16H25N3O. The molecule has 0 radical (unpaired) electrons. The minimum absolute atomic E-state index is 0.0563. The normalized spacial score (nSPS) is 21.4. The van der Waals surface area contributed by atoms with Crippen LogP contribution in [-0.4, -0.2) is 55.0 Å². The zero-order valence-electron chi connectivity index (χ0n) is 12.7. The van der Waals surface area contributed by atoms with Crippen molar-refractivity contribution in [3.8, 4) is 0 Å². The molecule has 1 aromatic carbocycles. The summed E-state index contributed by atoms with van der Waals surface area (Å²) < 4.78 is 0. The molecule has 1 aromatic rings. The van der Waals surface area contributed by atoms with Gasteiger partial charge in [-0.2, -0.15) is 0 Å². The van der Waals surface area contributed by atoms with Gasteiger partial charge in [0.25, 0.3) is 0 Å². The first-order valence-electron chi connectivity index (χ1n) is 7.26. The fourth-order valence-corrected chi connectivity index (χ4v) is 2.83. The van der Waals surface area contributed by atoms with Gasteiger partial charge in [0.1, 0.15) is 0 Å². The predicted octanol–water partition coefficient (Wildman–Crippen LogP) is 1.25. The Morgan fingerprint density at radius 3 is 2.85 bits per heavy atom. The Labute approximate surface area is 121 Å². The third-order valence-electron chi connectivity index (χ3n) is 3.70. The molecule has 1 saturated heterocycles. The summed E-state index contributed by atoms with van der Waals surface area (Å²) in [5.74, 6) is 0.0563. The van der Waals surface area contributed by atoms with Gasteiger partial charge in [0.05, 0.1) is 6.04 Å². The number of nitrogens with zero attached hydrogens (tertiary/aromatic N) is 2. The van der Waals surface area contributed by atoms with Crippen LogP contribution in [0.5, 0.6) is 0 Å². The van der Waals surface area contributed by atoms with E-state index in [0.29, 0.717) is 0 Å². The Morgan fingerprint density at radius 2 is 2.15 bits per heavy atom. The van der Waals surface area contributed by atoms with Gasteiger partial charge in [0.2, 0.25) is 5.91 Å². The minimum Gasteiger partial charge on any atom is -0.351 e. The van der Waals surface area contributed by atoms with Crippen LogP contribution in [0.1, 0.15) is 18.1 Å². The highest BCUT2D eigenvalue weighted by atomic mass is 16.1. The second kappa shape index (κ2) is 6.86. The van der Waals surface area contributed by atoms with E-state index in [4.69, 9.17) is 0 Å². The molecule has 110 valence electrons. The number of amides is 1. The Balaban J connectivity index is 2.01. The van der Waals surface area contributed by atoms with Crippen LogP contribution in [0.15, 0.2) is 24.3 Å². The number of carbonyl (C=O) groups excluding carboxylic acids is 1. The molecule has 1 atom stereocenters. The number of aryl methyl sites for hydroxylation is 1. The highest BCUT2D eigenvalue weighted by Crippen LogP contribution is 2.10. The van der Waals surface area contributed by atoms with Crippen LogP contribution in [0.3, 0.4) is 0 Å². The Morgan fingerprint density at radius 1 is 1.35 bits per heavy atom. The molecule has 2 rings (SSSR count). The molecule has 1 amide bonds. The maximum atomic E-state index is 11.3. The van der Waals surface area contributed by atoms with Gasteiger partial charge in [-0.3, -0.25) is 9.69 Å². The lowest BCUT2D eigenvalue weighted by atomic mass is 10.1. The van der Waals surface area contributed by atoms with Gasteiger partial charge in [-0.25, -0.2) is 0 Å². The van der Waals surface area contributed by atoms with Gasteiger partial charge in [0, 0.05) is 39.6 Å². The minimum atomic E-state index is 0.0563. The first-order valence-corrected chi connectivity index (χ1v) is 7.26. The summed E-state index contributed by atoms with van der Waals surface area (Å²) in [5.41, 5.74) is 2.64. The van der Waals surface area contributed by atoms with E-state index in [0.717, 1.165) is 32.7 Å². The molecule has 0 saturated carbocycles. The lowest BCUT2D eigenvalue weighted by Gasteiger charge is -2.24. The van der Waals surface area contributed by atoms with Crippen LogP contribution in [-0.2, 0) is 11.3 Å². The van der Waals surface area contributed by atoms with Crippen LogP contribution in [0.25, 0.3) is 0 Å². The summed E-state index contributed by atoms with van der Waals surface area (Å²) in [6, 6.07) is 8.86. The number of nitrogens with one attached hydrogen (secondary N) is 1. The molecule has 0 spiro atoms. The number of rotatable bonds is 3. The maximum Gasteiger partial charge on any atom is 0.217 e. The van der Waals surface area contributed by atoms with E-state index in [-0.39, 0.29) is 11.9 Å². The number of benzene rings is 1. The zero-order valence-corrected chi connectivity index (χ0v) is 12.7. The van der Waals surface area contributed by atoms with Crippen molar-refractivity contribution in [1.82, 2.24) is 15.1 Å². The molecule has 20 heavy (non-hydrogen) atoms. The fourth-order valence-electron chi connectivity index (χ4n) is 2.83. The van der Waals surface area contributed by atoms with Crippen molar-refractivity contribution in [1.29, 1.82) is 0 Å². The Kier molecular flexibility index (Phi) is 5.15. The number of likely N-dealkylation sites (N-methyl/N-ethyl adjacent to an activating group) is 1. The summed E-state index contributed by atoms with van der Waals surface area (Å²) in [4.78, 5) is 16.0. The van der Waals surface area contributed by atoms with E-state index in [2.05, 4.69) is 53.4 Å². The van der Waals surface area contributed by atoms with Crippen molar-refractivity contribution in [2.75, 3.05) is 33.2 Å². The summed E-state index contributed by atoms with van der Waals surface area (Å²) in [6.45, 7) is 8.59. The largest absolute Gasteiger partial charge is 0.351 e. The molecule has 0 aromatic heterocycles. The molecule has 0 bridgehead atoms. The predicted molar refractivity (Wildman–Crippen MR) is 81.6 cm³/mol. The van der Waals surface area contributed by atoms with Gasteiger partial charge >= 0.3 is 0 Å². The van der Waals surface area contributed by atoms with E-state index in [1.807, 2.05) is 0 Å². The van der Waals surface area contributed by atoms with Crippen LogP contribution in [0, 0.1) is 6.92 Å². The van der Waals surface area contributed by atoms with Gasteiger partial charge in [-0.1, -0.05) is 29.8 Å². The average Bonchev–Trinajstić information content (AvgIpc) is 2.50. The molecule has 1 fully saturated rings. The molecule has 4 heteroatoms. The fraction of sp³-hybridized carbons (Fsp3) is 0.562. The molecule has 4 nitrogen and oxygen atoms in total. The summed E-state index contributed by atoms with van der Waals surface area (Å²) in [5, 5.41) is 3.06. The second-order valence-electron chi connectivity index (χ2n) is 5.88. The van der Waals surface area contributed by atoms with Crippen molar-refractivity contribution >= 4 is 5.91 Å². The first-order chi connectivity index (χ1) is 9.52. The summed E-state index contributed by atoms with van der Waals surface area (Å²) in [7, 11) is 2.12. The standard InChI is InChI=1S/C16H25N3O/c1-13-5-4-6-15(9-13)10-19-8-7-18(3)11-16(12-19)17-14(2)20/h4-6,9,16H,7-8,10-12H2,1-3H3,(H,17,20). The molecule has 1 unspecified atom stereocenters. The van der Waals surface area contributed by atoms with Gasteiger partial charge in [0.15, 0.2) is 0 Å². The Bertz CT molecular complexity index is 461. The van der Waals surface area contributed by atoms with Crippen molar-refractivity contribution in [3.63, 3.8) is 0 Å². The van der Waals surface area contributed by atoms with E-state index < -0.39 is 0 Å². The molecular weight excluding hydrogens is 250 g/mol. The van der Waals surface area contributed by atoms with Gasteiger partial charge in [-0.05, 0) is 19.5 Å². The van der Waals surface area contributed by atoms with E-state index in [9.17, 15) is 4.79 Å². The molecule has 1 heterocycles. The number of hydrogen-bond acceptors (Lipinski definition) is 3. The van der Waals surface area contributed by atoms with Crippen molar-refractivity contribution in [3.05, 3.63) is 35.4 Å². The smallest absolute Gasteiger partial charge is 0.217 e. The highest BCUT2D eigenvalue weighted by molar-refractivity contribution is 5.73. The topological polar surface area (TPSA) is 35.6 Å². The Hall–Kier alpha value is -1.39. The monoisotopic (exact) mass is 275 g/mol. The van der Waals surface area contributed by atoms with E-state index >= 15 is 0 Å². The lowest BCUT2D eigenvalue weighted by Crippen LogP contribution is -2.45. The van der Waals surface area contributed by atoms with Crippen molar-refractivity contribution in [2.24, 2.45) is 0 Å². The quantitative estimate of drug-likeness (QED) is 0.902.